The molecule has 1 aromatic heterocycles. The van der Waals surface area contributed by atoms with Gasteiger partial charge >= 0.3 is 12.2 Å². The van der Waals surface area contributed by atoms with E-state index in [1.807, 2.05) is 24.3 Å². The first kappa shape index (κ1) is 29.7. The van der Waals surface area contributed by atoms with Crippen LogP contribution in [0.15, 0.2) is 36.5 Å². The molecule has 9 heteroatoms. The number of pyridine rings is 1. The Morgan fingerprint density at radius 2 is 1.77 bits per heavy atom. The molecule has 2 amide bonds. The highest BCUT2D eigenvalue weighted by molar-refractivity contribution is 5.84. The van der Waals surface area contributed by atoms with Crippen LogP contribution in [-0.2, 0) is 16.1 Å². The first-order chi connectivity index (χ1) is 16.3. The first-order valence-electron chi connectivity index (χ1n) is 11.5. The summed E-state index contributed by atoms with van der Waals surface area (Å²) in [7, 11) is 1.30. The molecule has 4 N–H and O–H groups in total. The number of nitrogens with two attached hydrogens (primary N) is 1. The number of anilines is 1. The fourth-order valence-corrected chi connectivity index (χ4v) is 3.26. The summed E-state index contributed by atoms with van der Waals surface area (Å²) < 4.78 is 15.1. The quantitative estimate of drug-likeness (QED) is 0.454. The second kappa shape index (κ2) is 14.2. The smallest absolute Gasteiger partial charge is 0.412 e. The summed E-state index contributed by atoms with van der Waals surface area (Å²) in [5, 5.41) is 12.3. The fraction of sp³-hybridized carbons (Fsp3) is 0.500. The van der Waals surface area contributed by atoms with Crippen molar-refractivity contribution in [2.75, 3.05) is 19.0 Å². The molecule has 35 heavy (non-hydrogen) atoms. The Labute approximate surface area is 208 Å². The molecule has 0 aliphatic heterocycles. The van der Waals surface area contributed by atoms with Crippen molar-refractivity contribution in [2.24, 2.45) is 17.6 Å². The van der Waals surface area contributed by atoms with E-state index in [4.69, 9.17) is 10.5 Å². The van der Waals surface area contributed by atoms with Crippen molar-refractivity contribution in [3.05, 3.63) is 42.1 Å². The lowest BCUT2D eigenvalue weighted by atomic mass is 10.00. The molecule has 0 aliphatic carbocycles. The number of hydrogen-bond acceptors (Lipinski definition) is 7. The number of ether oxygens (including phenoxy) is 3. The summed E-state index contributed by atoms with van der Waals surface area (Å²) in [4.78, 5) is 25.5. The number of aromatic nitrogens is 1. The molecule has 194 valence electrons. The normalized spacial score (nSPS) is 11.7. The highest BCUT2D eigenvalue weighted by Crippen LogP contribution is 2.28. The van der Waals surface area contributed by atoms with Crippen molar-refractivity contribution < 1.29 is 28.9 Å². The second-order valence-electron chi connectivity index (χ2n) is 9.61. The van der Waals surface area contributed by atoms with Crippen LogP contribution in [0.4, 0.5) is 15.4 Å². The number of nitrogens with zero attached hydrogens (tertiary/aromatic N) is 1. The summed E-state index contributed by atoms with van der Waals surface area (Å²) in [5.74, 6) is 2.16. The van der Waals surface area contributed by atoms with Crippen LogP contribution in [0.1, 0.15) is 53.5 Å². The molecule has 2 rings (SSSR count). The molecule has 0 aliphatic rings. The third-order valence-electron chi connectivity index (χ3n) is 4.54. The number of amides is 2. The molecule has 0 fully saturated rings. The molecule has 0 bridgehead atoms. The lowest BCUT2D eigenvalue weighted by Crippen LogP contribution is -2.27. The number of nitrogens with one attached hydrogen (secondary N) is 1. The number of aliphatic hydroxyl groups excluding tert-OH is 1. The molecule has 1 heterocycles. The lowest BCUT2D eigenvalue weighted by molar-refractivity contribution is 0.0600. The summed E-state index contributed by atoms with van der Waals surface area (Å²) in [6, 6.07) is 9.28. The van der Waals surface area contributed by atoms with Crippen LogP contribution >= 0.6 is 0 Å². The Morgan fingerprint density at radius 1 is 1.11 bits per heavy atom. The molecule has 0 radical (unpaired) electrons. The van der Waals surface area contributed by atoms with Crippen molar-refractivity contribution in [1.82, 2.24) is 4.98 Å². The van der Waals surface area contributed by atoms with Crippen molar-refractivity contribution in [2.45, 2.75) is 60.2 Å². The van der Waals surface area contributed by atoms with E-state index in [-0.39, 0.29) is 6.61 Å². The highest BCUT2D eigenvalue weighted by Gasteiger charge is 2.13. The number of methoxy groups -OCH3 is 1. The minimum absolute atomic E-state index is 0.111. The number of carbonyl (C=O) groups excluding carboxylic acids is 2. The third-order valence-corrected chi connectivity index (χ3v) is 4.54. The van der Waals surface area contributed by atoms with Crippen LogP contribution in [0.25, 0.3) is 11.1 Å². The van der Waals surface area contributed by atoms with E-state index in [1.54, 1.807) is 33.0 Å². The topological polar surface area (TPSA) is 133 Å². The zero-order valence-electron chi connectivity index (χ0n) is 21.8. The van der Waals surface area contributed by atoms with Crippen molar-refractivity contribution in [3.8, 4) is 16.9 Å². The monoisotopic (exact) mass is 489 g/mol. The number of carbonyl (C=O) groups is 2. The summed E-state index contributed by atoms with van der Waals surface area (Å²) >= 11 is 0. The highest BCUT2D eigenvalue weighted by atomic mass is 16.6. The van der Waals surface area contributed by atoms with Crippen LogP contribution in [0.5, 0.6) is 5.75 Å². The minimum Gasteiger partial charge on any atom is -0.493 e. The van der Waals surface area contributed by atoms with E-state index in [2.05, 4.69) is 40.5 Å². The molecule has 1 unspecified atom stereocenters. The average Bonchev–Trinajstić information content (AvgIpc) is 2.76. The SMILES string of the molecule is CC(C)(C)OC(N)=O.COC(=O)Nc1cc(-c2ccc(OCC(C)CC(C)C)c(CO)c2)ccn1. The van der Waals surface area contributed by atoms with Crippen molar-refractivity contribution in [3.63, 3.8) is 0 Å². The average molecular weight is 490 g/mol. The number of primary amides is 1. The standard InChI is InChI=1S/C21H28N2O4.C5H11NO2/c1-14(2)9-15(3)13-27-19-6-5-16(10-18(19)12-24)17-7-8-22-20(11-17)23-21(25)26-4;1-5(2,3)8-4(6)7/h5-8,10-11,14-15,24H,9,12-13H2,1-4H3,(H,22,23,25);1-3H3,(H2,6,7). The predicted molar refractivity (Wildman–Crippen MR) is 136 cm³/mol. The fourth-order valence-electron chi connectivity index (χ4n) is 3.26. The maximum Gasteiger partial charge on any atom is 0.412 e. The van der Waals surface area contributed by atoms with Gasteiger partial charge in [-0.1, -0.05) is 26.8 Å². The van der Waals surface area contributed by atoms with Gasteiger partial charge in [0, 0.05) is 11.8 Å². The lowest BCUT2D eigenvalue weighted by Gasteiger charge is -2.17. The van der Waals surface area contributed by atoms with Gasteiger partial charge in [0.2, 0.25) is 0 Å². The maximum atomic E-state index is 11.3. The Morgan fingerprint density at radius 3 is 2.29 bits per heavy atom. The number of benzene rings is 1. The molecule has 1 aromatic carbocycles. The molecule has 0 saturated heterocycles. The zero-order chi connectivity index (χ0) is 26.6. The molecule has 0 saturated carbocycles. The van der Waals surface area contributed by atoms with Crippen LogP contribution in [0.3, 0.4) is 0 Å². The van der Waals surface area contributed by atoms with Gasteiger partial charge in [0.05, 0.1) is 20.3 Å². The summed E-state index contributed by atoms with van der Waals surface area (Å²) in [6.45, 7) is 12.4. The molecule has 1 atom stereocenters. The van der Waals surface area contributed by atoms with E-state index in [0.29, 0.717) is 30.0 Å². The van der Waals surface area contributed by atoms with Gasteiger partial charge in [-0.25, -0.2) is 14.6 Å². The van der Waals surface area contributed by atoms with Crippen LogP contribution in [0, 0.1) is 11.8 Å². The number of rotatable bonds is 8. The molecule has 9 nitrogen and oxygen atoms in total. The Balaban J connectivity index is 0.000000658. The van der Waals surface area contributed by atoms with Gasteiger partial charge < -0.3 is 25.1 Å². The van der Waals surface area contributed by atoms with Crippen molar-refractivity contribution >= 4 is 18.0 Å². The van der Waals surface area contributed by atoms with Crippen molar-refractivity contribution in [1.29, 1.82) is 0 Å². The molecular weight excluding hydrogens is 450 g/mol. The first-order valence-corrected chi connectivity index (χ1v) is 11.5. The molecule has 2 aromatic rings. The largest absolute Gasteiger partial charge is 0.493 e. The van der Waals surface area contributed by atoms with E-state index in [9.17, 15) is 14.7 Å². The summed E-state index contributed by atoms with van der Waals surface area (Å²) in [6.07, 6.45) is 1.41. The van der Waals surface area contributed by atoms with Gasteiger partial charge in [-0.15, -0.1) is 0 Å². The maximum absolute atomic E-state index is 11.3. The number of aliphatic hydroxyl groups is 1. The Kier molecular flexibility index (Phi) is 12.0. The van der Waals surface area contributed by atoms with E-state index in [1.165, 1.54) is 7.11 Å². The number of hydrogen-bond donors (Lipinski definition) is 3. The third kappa shape index (κ3) is 12.1. The minimum atomic E-state index is -0.725. The van der Waals surface area contributed by atoms with E-state index < -0.39 is 17.8 Å². The zero-order valence-corrected chi connectivity index (χ0v) is 21.8. The molecular formula is C26H39N3O6. The predicted octanol–water partition coefficient (Wildman–Crippen LogP) is 5.36. The molecule has 0 spiro atoms. The summed E-state index contributed by atoms with van der Waals surface area (Å²) in [5.41, 5.74) is 6.76. The Bertz CT molecular complexity index is 956. The van der Waals surface area contributed by atoms with Gasteiger partial charge in [0.15, 0.2) is 0 Å². The second-order valence-corrected chi connectivity index (χ2v) is 9.61. The van der Waals surface area contributed by atoms with Gasteiger partial charge in [-0.2, -0.15) is 0 Å². The van der Waals surface area contributed by atoms with E-state index >= 15 is 0 Å². The van der Waals surface area contributed by atoms with Gasteiger partial charge in [0.1, 0.15) is 17.2 Å². The van der Waals surface area contributed by atoms with Crippen LogP contribution in [-0.4, -0.2) is 41.6 Å². The van der Waals surface area contributed by atoms with Crippen LogP contribution in [0.2, 0.25) is 0 Å². The van der Waals surface area contributed by atoms with Gasteiger partial charge in [-0.3, -0.25) is 5.32 Å². The van der Waals surface area contributed by atoms with E-state index in [0.717, 1.165) is 23.1 Å². The Hall–Kier alpha value is -3.33. The van der Waals surface area contributed by atoms with Gasteiger partial charge in [0.25, 0.3) is 0 Å². The van der Waals surface area contributed by atoms with Gasteiger partial charge in [-0.05, 0) is 74.4 Å². The van der Waals surface area contributed by atoms with Crippen LogP contribution < -0.4 is 15.8 Å².